The highest BCUT2D eigenvalue weighted by Crippen LogP contribution is 2.15. The van der Waals surface area contributed by atoms with E-state index < -0.39 is 11.3 Å². The second kappa shape index (κ2) is 5.23. The lowest BCUT2D eigenvalue weighted by Crippen LogP contribution is -2.43. The fourth-order valence-corrected chi connectivity index (χ4v) is 1.39. The number of hydrogen-bond donors (Lipinski definition) is 2. The summed E-state index contributed by atoms with van der Waals surface area (Å²) in [5.41, 5.74) is -0.680. The molecule has 5 nitrogen and oxygen atoms in total. The Balaban J connectivity index is 2.57. The molecule has 0 aliphatic heterocycles. The summed E-state index contributed by atoms with van der Waals surface area (Å²) >= 11 is 5.56. The molecule has 1 aromatic heterocycles. The summed E-state index contributed by atoms with van der Waals surface area (Å²) in [6.07, 6.45) is 0. The van der Waals surface area contributed by atoms with E-state index in [-0.39, 0.29) is 23.4 Å². The summed E-state index contributed by atoms with van der Waals surface area (Å²) in [6.45, 7) is 3.69. The Labute approximate surface area is 105 Å². The first-order chi connectivity index (χ1) is 7.86. The molecule has 2 N–H and O–H groups in total. The molecular weight excluding hydrogens is 244 g/mol. The van der Waals surface area contributed by atoms with E-state index >= 15 is 0 Å². The Kier molecular flexibility index (Phi) is 4.17. The standard InChI is InChI=1S/C11H15ClN2O3/c1-11(2,10(16)13-3)6-14-9(15)7-4-5-8(12)17-7/h4-5H,6H2,1-3H3,(H,13,16)(H,14,15). The molecule has 0 unspecified atom stereocenters. The van der Waals surface area contributed by atoms with Gasteiger partial charge in [-0.3, -0.25) is 9.59 Å². The van der Waals surface area contributed by atoms with Crippen LogP contribution in [-0.4, -0.2) is 25.4 Å². The first-order valence-electron chi connectivity index (χ1n) is 5.12. The summed E-state index contributed by atoms with van der Waals surface area (Å²) in [5, 5.41) is 5.31. The van der Waals surface area contributed by atoms with Crippen LogP contribution in [0, 0.1) is 5.41 Å². The highest BCUT2D eigenvalue weighted by molar-refractivity contribution is 6.29. The van der Waals surface area contributed by atoms with E-state index in [2.05, 4.69) is 10.6 Å². The maximum Gasteiger partial charge on any atom is 0.287 e. The van der Waals surface area contributed by atoms with E-state index in [0.717, 1.165) is 0 Å². The molecule has 6 heteroatoms. The minimum Gasteiger partial charge on any atom is -0.440 e. The maximum absolute atomic E-state index is 11.6. The van der Waals surface area contributed by atoms with Crippen LogP contribution < -0.4 is 10.6 Å². The highest BCUT2D eigenvalue weighted by Gasteiger charge is 2.27. The van der Waals surface area contributed by atoms with E-state index in [0.29, 0.717) is 0 Å². The Bertz CT molecular complexity index is 426. The van der Waals surface area contributed by atoms with Crippen molar-refractivity contribution in [1.82, 2.24) is 10.6 Å². The third kappa shape index (κ3) is 3.49. The van der Waals surface area contributed by atoms with Crippen LogP contribution in [0.25, 0.3) is 0 Å². The van der Waals surface area contributed by atoms with E-state index in [9.17, 15) is 9.59 Å². The molecule has 1 rings (SSSR count). The molecule has 0 aliphatic carbocycles. The Morgan fingerprint density at radius 2 is 2.06 bits per heavy atom. The van der Waals surface area contributed by atoms with Gasteiger partial charge in [0, 0.05) is 13.6 Å². The Morgan fingerprint density at radius 3 is 2.53 bits per heavy atom. The van der Waals surface area contributed by atoms with Crippen molar-refractivity contribution in [2.75, 3.05) is 13.6 Å². The van der Waals surface area contributed by atoms with Gasteiger partial charge in [-0.05, 0) is 37.6 Å². The minimum absolute atomic E-state index is 0.128. The molecule has 94 valence electrons. The van der Waals surface area contributed by atoms with Crippen LogP contribution in [0.3, 0.4) is 0 Å². The van der Waals surface area contributed by atoms with Crippen molar-refractivity contribution in [2.24, 2.45) is 5.41 Å². The van der Waals surface area contributed by atoms with Crippen LogP contribution in [0.4, 0.5) is 0 Å². The molecule has 0 fully saturated rings. The number of furan rings is 1. The number of halogens is 1. The van der Waals surface area contributed by atoms with Crippen molar-refractivity contribution in [3.8, 4) is 0 Å². The first kappa shape index (κ1) is 13.6. The third-order valence-corrected chi connectivity index (χ3v) is 2.53. The zero-order chi connectivity index (χ0) is 13.1. The zero-order valence-corrected chi connectivity index (χ0v) is 10.7. The molecule has 17 heavy (non-hydrogen) atoms. The predicted molar refractivity (Wildman–Crippen MR) is 63.9 cm³/mol. The monoisotopic (exact) mass is 258 g/mol. The number of nitrogens with one attached hydrogen (secondary N) is 2. The summed E-state index contributed by atoms with van der Waals surface area (Å²) in [7, 11) is 1.55. The number of rotatable bonds is 4. The summed E-state index contributed by atoms with van der Waals surface area (Å²) in [5.74, 6) is -0.410. The van der Waals surface area contributed by atoms with Crippen molar-refractivity contribution >= 4 is 23.4 Å². The van der Waals surface area contributed by atoms with E-state index in [4.69, 9.17) is 16.0 Å². The summed E-state index contributed by atoms with van der Waals surface area (Å²) in [4.78, 5) is 23.1. The average molecular weight is 259 g/mol. The summed E-state index contributed by atoms with van der Waals surface area (Å²) < 4.78 is 4.95. The fourth-order valence-electron chi connectivity index (χ4n) is 1.24. The molecule has 0 radical (unpaired) electrons. The molecule has 2 amide bonds. The smallest absolute Gasteiger partial charge is 0.287 e. The number of carbonyl (C=O) groups excluding carboxylic acids is 2. The molecule has 0 aliphatic rings. The molecule has 0 saturated carbocycles. The van der Waals surface area contributed by atoms with Gasteiger partial charge in [0.25, 0.3) is 5.91 Å². The fraction of sp³-hybridized carbons (Fsp3) is 0.455. The minimum atomic E-state index is -0.680. The van der Waals surface area contributed by atoms with Gasteiger partial charge in [0.1, 0.15) is 0 Å². The van der Waals surface area contributed by atoms with Gasteiger partial charge in [0.15, 0.2) is 11.0 Å². The van der Waals surface area contributed by atoms with Crippen molar-refractivity contribution < 1.29 is 14.0 Å². The normalized spacial score (nSPS) is 11.1. The van der Waals surface area contributed by atoms with Crippen molar-refractivity contribution in [3.63, 3.8) is 0 Å². The Morgan fingerprint density at radius 1 is 1.41 bits per heavy atom. The van der Waals surface area contributed by atoms with Crippen LogP contribution in [0.5, 0.6) is 0 Å². The lowest BCUT2D eigenvalue weighted by atomic mass is 9.92. The predicted octanol–water partition coefficient (Wildman–Crippen LogP) is 1.43. The molecule has 0 spiro atoms. The van der Waals surface area contributed by atoms with Crippen LogP contribution >= 0.6 is 11.6 Å². The molecule has 0 atom stereocenters. The van der Waals surface area contributed by atoms with Gasteiger partial charge in [0.05, 0.1) is 5.41 Å². The largest absolute Gasteiger partial charge is 0.440 e. The lowest BCUT2D eigenvalue weighted by Gasteiger charge is -2.22. The highest BCUT2D eigenvalue weighted by atomic mass is 35.5. The maximum atomic E-state index is 11.6. The van der Waals surface area contributed by atoms with Gasteiger partial charge < -0.3 is 15.1 Å². The van der Waals surface area contributed by atoms with Gasteiger partial charge in [0.2, 0.25) is 5.91 Å². The number of hydrogen-bond acceptors (Lipinski definition) is 3. The van der Waals surface area contributed by atoms with E-state index in [1.807, 2.05) is 0 Å². The SMILES string of the molecule is CNC(=O)C(C)(C)CNC(=O)c1ccc(Cl)o1. The molecular formula is C11H15ClN2O3. The van der Waals surface area contributed by atoms with E-state index in [1.54, 1.807) is 20.9 Å². The van der Waals surface area contributed by atoms with Crippen LogP contribution in [0.2, 0.25) is 5.22 Å². The van der Waals surface area contributed by atoms with E-state index in [1.165, 1.54) is 12.1 Å². The average Bonchev–Trinajstić information content (AvgIpc) is 2.71. The van der Waals surface area contributed by atoms with Crippen LogP contribution in [-0.2, 0) is 4.79 Å². The molecule has 1 heterocycles. The molecule has 0 bridgehead atoms. The number of carbonyl (C=O) groups is 2. The quantitative estimate of drug-likeness (QED) is 0.858. The molecule has 0 saturated heterocycles. The van der Waals surface area contributed by atoms with Crippen molar-refractivity contribution in [1.29, 1.82) is 0 Å². The van der Waals surface area contributed by atoms with Gasteiger partial charge in [-0.15, -0.1) is 0 Å². The van der Waals surface area contributed by atoms with Gasteiger partial charge in [-0.25, -0.2) is 0 Å². The zero-order valence-electron chi connectivity index (χ0n) is 9.96. The van der Waals surface area contributed by atoms with Gasteiger partial charge in [-0.1, -0.05) is 0 Å². The second-order valence-electron chi connectivity index (χ2n) is 4.25. The lowest BCUT2D eigenvalue weighted by molar-refractivity contribution is -0.128. The first-order valence-corrected chi connectivity index (χ1v) is 5.50. The second-order valence-corrected chi connectivity index (χ2v) is 4.62. The van der Waals surface area contributed by atoms with Crippen molar-refractivity contribution in [2.45, 2.75) is 13.8 Å². The van der Waals surface area contributed by atoms with Crippen LogP contribution in [0.1, 0.15) is 24.4 Å². The number of amides is 2. The topological polar surface area (TPSA) is 71.3 Å². The molecule has 0 aromatic carbocycles. The van der Waals surface area contributed by atoms with Crippen molar-refractivity contribution in [3.05, 3.63) is 23.1 Å². The molecule has 1 aromatic rings. The summed E-state index contributed by atoms with van der Waals surface area (Å²) in [6, 6.07) is 2.96. The van der Waals surface area contributed by atoms with Gasteiger partial charge >= 0.3 is 0 Å². The third-order valence-electron chi connectivity index (χ3n) is 2.33. The Hall–Kier alpha value is -1.49. The van der Waals surface area contributed by atoms with Crippen LogP contribution in [0.15, 0.2) is 16.5 Å². The van der Waals surface area contributed by atoms with Gasteiger partial charge in [-0.2, -0.15) is 0 Å².